The third-order valence-corrected chi connectivity index (χ3v) is 5.64. The summed E-state index contributed by atoms with van der Waals surface area (Å²) in [6.07, 6.45) is 7.48. The number of nitrogens with one attached hydrogen (secondary N) is 3. The highest BCUT2D eigenvalue weighted by atomic mass is 16.5. The number of carbonyl (C=O) groups excluding carboxylic acids is 1. The Morgan fingerprint density at radius 2 is 2.06 bits per heavy atom. The van der Waals surface area contributed by atoms with Crippen molar-refractivity contribution in [2.75, 3.05) is 25.0 Å². The van der Waals surface area contributed by atoms with Gasteiger partial charge < -0.3 is 20.7 Å². The highest BCUT2D eigenvalue weighted by Gasteiger charge is 2.14. The van der Waals surface area contributed by atoms with Gasteiger partial charge in [-0.1, -0.05) is 44.7 Å². The van der Waals surface area contributed by atoms with Crippen molar-refractivity contribution >= 4 is 35.1 Å². The van der Waals surface area contributed by atoms with Crippen LogP contribution in [-0.4, -0.2) is 42.5 Å². The molecular formula is C27H35N5O2. The summed E-state index contributed by atoms with van der Waals surface area (Å²) < 4.78 is 5.74. The fourth-order valence-corrected chi connectivity index (χ4v) is 3.68. The SMILES string of the molecule is C=Cc1ccc(C(=C)OCCCC)cc1N=C(C)NC(=O)c1ccnc(NC2CCNCC2)c1. The zero-order valence-corrected chi connectivity index (χ0v) is 20.2. The van der Waals surface area contributed by atoms with Crippen molar-refractivity contribution in [1.82, 2.24) is 15.6 Å². The fraction of sp³-hybridized carbons (Fsp3) is 0.370. The molecule has 0 spiro atoms. The summed E-state index contributed by atoms with van der Waals surface area (Å²) in [4.78, 5) is 21.8. The van der Waals surface area contributed by atoms with Gasteiger partial charge >= 0.3 is 0 Å². The van der Waals surface area contributed by atoms with Gasteiger partial charge in [-0.15, -0.1) is 0 Å². The highest BCUT2D eigenvalue weighted by Crippen LogP contribution is 2.26. The lowest BCUT2D eigenvalue weighted by atomic mass is 10.1. The van der Waals surface area contributed by atoms with Gasteiger partial charge in [-0.25, -0.2) is 9.98 Å². The van der Waals surface area contributed by atoms with E-state index in [9.17, 15) is 4.79 Å². The Morgan fingerprint density at radius 1 is 1.26 bits per heavy atom. The number of aliphatic imine (C=N–C) groups is 1. The fourth-order valence-electron chi connectivity index (χ4n) is 3.68. The zero-order chi connectivity index (χ0) is 24.3. The molecule has 34 heavy (non-hydrogen) atoms. The standard InChI is InChI=1S/C27H35N5O2/c1-5-7-16-34-19(3)22-9-8-21(6-2)25(17-22)30-20(4)31-27(33)23-10-15-29-26(18-23)32-24-11-13-28-14-12-24/h6,8-10,15,17-18,24,28H,2-3,5,7,11-14,16H2,1,4H3,(H,29,32)(H,30,31,33). The van der Waals surface area contributed by atoms with Crippen molar-refractivity contribution in [2.45, 2.75) is 45.6 Å². The summed E-state index contributed by atoms with van der Waals surface area (Å²) in [7, 11) is 0. The molecule has 2 aromatic rings. The van der Waals surface area contributed by atoms with E-state index in [2.05, 4.69) is 46.0 Å². The molecule has 7 nitrogen and oxygen atoms in total. The molecule has 0 bridgehead atoms. The number of pyridine rings is 1. The summed E-state index contributed by atoms with van der Waals surface area (Å²) in [6.45, 7) is 14.4. The number of aromatic nitrogens is 1. The van der Waals surface area contributed by atoms with Gasteiger partial charge in [0, 0.05) is 23.4 Å². The number of carbonyl (C=O) groups is 1. The van der Waals surface area contributed by atoms with Crippen LogP contribution in [0.3, 0.4) is 0 Å². The maximum atomic E-state index is 12.9. The molecule has 1 saturated heterocycles. The summed E-state index contributed by atoms with van der Waals surface area (Å²) >= 11 is 0. The van der Waals surface area contributed by atoms with Crippen LogP contribution in [0.15, 0.2) is 54.7 Å². The molecule has 1 aliphatic rings. The molecule has 0 radical (unpaired) electrons. The first kappa shape index (κ1) is 25.2. The van der Waals surface area contributed by atoms with Crippen molar-refractivity contribution in [3.05, 3.63) is 66.4 Å². The molecule has 1 aromatic heterocycles. The predicted octanol–water partition coefficient (Wildman–Crippen LogP) is 5.16. The number of rotatable bonds is 10. The van der Waals surface area contributed by atoms with Crippen molar-refractivity contribution in [2.24, 2.45) is 4.99 Å². The maximum Gasteiger partial charge on any atom is 0.256 e. The Kier molecular flexibility index (Phi) is 9.40. The van der Waals surface area contributed by atoms with E-state index in [0.717, 1.165) is 49.9 Å². The van der Waals surface area contributed by atoms with Crippen LogP contribution in [-0.2, 0) is 4.74 Å². The predicted molar refractivity (Wildman–Crippen MR) is 140 cm³/mol. The molecule has 3 N–H and O–H groups in total. The normalized spacial score (nSPS) is 14.4. The molecular weight excluding hydrogens is 426 g/mol. The van der Waals surface area contributed by atoms with Crippen LogP contribution in [0.2, 0.25) is 0 Å². The molecule has 3 rings (SSSR count). The van der Waals surface area contributed by atoms with Gasteiger partial charge in [0.1, 0.15) is 17.4 Å². The summed E-state index contributed by atoms with van der Waals surface area (Å²) in [6, 6.07) is 9.59. The van der Waals surface area contributed by atoms with Crippen molar-refractivity contribution < 1.29 is 9.53 Å². The highest BCUT2D eigenvalue weighted by molar-refractivity contribution is 6.06. The minimum Gasteiger partial charge on any atom is -0.494 e. The molecule has 1 aromatic carbocycles. The zero-order valence-electron chi connectivity index (χ0n) is 20.2. The van der Waals surface area contributed by atoms with E-state index in [0.29, 0.717) is 41.3 Å². The van der Waals surface area contributed by atoms with Crippen molar-refractivity contribution in [1.29, 1.82) is 0 Å². The van der Waals surface area contributed by atoms with E-state index in [1.165, 1.54) is 0 Å². The van der Waals surface area contributed by atoms with Crippen LogP contribution in [0.5, 0.6) is 0 Å². The number of amides is 1. The smallest absolute Gasteiger partial charge is 0.256 e. The van der Waals surface area contributed by atoms with Gasteiger partial charge in [0.05, 0.1) is 12.3 Å². The first-order valence-corrected chi connectivity index (χ1v) is 11.9. The third-order valence-electron chi connectivity index (χ3n) is 5.64. The first-order chi connectivity index (χ1) is 16.5. The second kappa shape index (κ2) is 12.7. The van der Waals surface area contributed by atoms with Gasteiger partial charge in [0.15, 0.2) is 0 Å². The molecule has 2 heterocycles. The van der Waals surface area contributed by atoms with Crippen LogP contribution in [0.25, 0.3) is 11.8 Å². The van der Waals surface area contributed by atoms with E-state index in [4.69, 9.17) is 4.74 Å². The van der Waals surface area contributed by atoms with Crippen molar-refractivity contribution in [3.63, 3.8) is 0 Å². The number of unbranched alkanes of at least 4 members (excludes halogenated alkanes) is 1. The Balaban J connectivity index is 1.69. The summed E-state index contributed by atoms with van der Waals surface area (Å²) in [5.41, 5.74) is 2.92. The van der Waals surface area contributed by atoms with Crippen LogP contribution >= 0.6 is 0 Å². The molecule has 0 atom stereocenters. The molecule has 1 fully saturated rings. The minimum atomic E-state index is -0.236. The van der Waals surface area contributed by atoms with Gasteiger partial charge in [0.2, 0.25) is 0 Å². The minimum absolute atomic E-state index is 0.236. The Labute approximate surface area is 202 Å². The van der Waals surface area contributed by atoms with Gasteiger partial charge in [0.25, 0.3) is 5.91 Å². The lowest BCUT2D eigenvalue weighted by Crippen LogP contribution is -2.35. The molecule has 1 amide bonds. The quantitative estimate of drug-likeness (QED) is 0.197. The number of amidine groups is 1. The second-order valence-corrected chi connectivity index (χ2v) is 8.35. The molecule has 1 aliphatic heterocycles. The topological polar surface area (TPSA) is 87.6 Å². The Bertz CT molecular complexity index is 1040. The molecule has 180 valence electrons. The number of benzene rings is 1. The average molecular weight is 462 g/mol. The van der Waals surface area contributed by atoms with Crippen LogP contribution in [0.1, 0.15) is 61.0 Å². The second-order valence-electron chi connectivity index (χ2n) is 8.35. The van der Waals surface area contributed by atoms with E-state index >= 15 is 0 Å². The Morgan fingerprint density at radius 3 is 2.79 bits per heavy atom. The van der Waals surface area contributed by atoms with E-state index in [-0.39, 0.29) is 5.91 Å². The summed E-state index contributed by atoms with van der Waals surface area (Å²) in [5.74, 6) is 1.55. The maximum absolute atomic E-state index is 12.9. The van der Waals surface area contributed by atoms with Gasteiger partial charge in [-0.3, -0.25) is 4.79 Å². The molecule has 0 aliphatic carbocycles. The van der Waals surface area contributed by atoms with Crippen LogP contribution < -0.4 is 16.0 Å². The number of nitrogens with zero attached hydrogens (tertiary/aromatic N) is 2. The van der Waals surface area contributed by atoms with E-state index < -0.39 is 0 Å². The molecule has 7 heteroatoms. The Hall–Kier alpha value is -3.45. The molecule has 0 unspecified atom stereocenters. The number of hydrogen-bond acceptors (Lipinski definition) is 6. The first-order valence-electron chi connectivity index (χ1n) is 11.9. The lowest BCUT2D eigenvalue weighted by Gasteiger charge is -2.24. The number of anilines is 1. The van der Waals surface area contributed by atoms with Crippen LogP contribution in [0.4, 0.5) is 11.5 Å². The van der Waals surface area contributed by atoms with Crippen LogP contribution in [0, 0.1) is 0 Å². The number of hydrogen-bond donors (Lipinski definition) is 3. The summed E-state index contributed by atoms with van der Waals surface area (Å²) in [5, 5.41) is 9.65. The van der Waals surface area contributed by atoms with Gasteiger partial charge in [-0.05, 0) is 63.0 Å². The number of piperidine rings is 1. The lowest BCUT2D eigenvalue weighted by molar-refractivity contribution is 0.0977. The monoisotopic (exact) mass is 461 g/mol. The largest absolute Gasteiger partial charge is 0.494 e. The third kappa shape index (κ3) is 7.28. The van der Waals surface area contributed by atoms with Gasteiger partial charge in [-0.2, -0.15) is 0 Å². The average Bonchev–Trinajstić information content (AvgIpc) is 2.84. The van der Waals surface area contributed by atoms with E-state index in [1.807, 2.05) is 18.2 Å². The van der Waals surface area contributed by atoms with Crippen molar-refractivity contribution in [3.8, 4) is 0 Å². The molecule has 0 saturated carbocycles. The number of ether oxygens (including phenoxy) is 1. The van der Waals surface area contributed by atoms with E-state index in [1.54, 1.807) is 31.3 Å².